The summed E-state index contributed by atoms with van der Waals surface area (Å²) in [5.74, 6) is 0.777. The van der Waals surface area contributed by atoms with E-state index in [0.29, 0.717) is 5.56 Å². The summed E-state index contributed by atoms with van der Waals surface area (Å²) in [5.41, 5.74) is 4.04. The normalized spacial score (nSPS) is 10.9. The SMILES string of the molecule is CN=C(NCCc1cccc(C(=O)N(C)C)c1)NCCc1cnn(-c2ccccc2)c1.I. The number of nitrogens with zero attached hydrogens (tertiary/aromatic N) is 4. The molecule has 8 heteroatoms. The Hall–Kier alpha value is -2.88. The van der Waals surface area contributed by atoms with Gasteiger partial charge in [0, 0.05) is 46.0 Å². The molecule has 1 amide bonds. The molecule has 1 heterocycles. The first-order valence-electron chi connectivity index (χ1n) is 10.4. The summed E-state index contributed by atoms with van der Waals surface area (Å²) in [6.45, 7) is 1.48. The maximum absolute atomic E-state index is 12.1. The summed E-state index contributed by atoms with van der Waals surface area (Å²) in [4.78, 5) is 18.0. The van der Waals surface area contributed by atoms with Crippen LogP contribution in [0.5, 0.6) is 0 Å². The molecule has 0 aliphatic rings. The summed E-state index contributed by atoms with van der Waals surface area (Å²) in [6.07, 6.45) is 5.60. The number of amides is 1. The van der Waals surface area contributed by atoms with E-state index in [1.54, 1.807) is 26.0 Å². The molecule has 0 atom stereocenters. The molecule has 3 aromatic rings. The van der Waals surface area contributed by atoms with Crippen LogP contribution in [0.1, 0.15) is 21.5 Å². The molecule has 0 bridgehead atoms. The number of carbonyl (C=O) groups is 1. The Balaban J connectivity index is 0.00000363. The van der Waals surface area contributed by atoms with Crippen LogP contribution in [0.3, 0.4) is 0 Å². The van der Waals surface area contributed by atoms with Crippen LogP contribution in [0, 0.1) is 0 Å². The fourth-order valence-electron chi connectivity index (χ4n) is 3.20. The molecule has 0 saturated carbocycles. The van der Waals surface area contributed by atoms with Gasteiger partial charge in [0.2, 0.25) is 0 Å². The van der Waals surface area contributed by atoms with Crippen molar-refractivity contribution in [1.29, 1.82) is 0 Å². The largest absolute Gasteiger partial charge is 0.356 e. The number of hydrogen-bond donors (Lipinski definition) is 2. The van der Waals surface area contributed by atoms with Crippen molar-refractivity contribution in [3.8, 4) is 5.69 Å². The van der Waals surface area contributed by atoms with Gasteiger partial charge in [0.25, 0.3) is 5.91 Å². The third kappa shape index (κ3) is 7.37. The first-order valence-corrected chi connectivity index (χ1v) is 10.4. The van der Waals surface area contributed by atoms with E-state index in [4.69, 9.17) is 0 Å². The number of aliphatic imine (C=N–C) groups is 1. The van der Waals surface area contributed by atoms with E-state index in [0.717, 1.165) is 48.7 Å². The highest BCUT2D eigenvalue weighted by Crippen LogP contribution is 2.09. The average molecular weight is 546 g/mol. The van der Waals surface area contributed by atoms with Crippen molar-refractivity contribution in [3.05, 3.63) is 83.7 Å². The van der Waals surface area contributed by atoms with Crippen molar-refractivity contribution in [2.24, 2.45) is 4.99 Å². The molecule has 0 aliphatic heterocycles. The molecular weight excluding hydrogens is 515 g/mol. The van der Waals surface area contributed by atoms with Gasteiger partial charge < -0.3 is 15.5 Å². The molecule has 0 saturated heterocycles. The lowest BCUT2D eigenvalue weighted by Gasteiger charge is -2.13. The number of carbonyl (C=O) groups excluding carboxylic acids is 1. The number of guanidine groups is 1. The maximum Gasteiger partial charge on any atom is 0.253 e. The molecule has 32 heavy (non-hydrogen) atoms. The second-order valence-corrected chi connectivity index (χ2v) is 7.45. The van der Waals surface area contributed by atoms with Crippen molar-refractivity contribution in [2.75, 3.05) is 34.2 Å². The summed E-state index contributed by atoms with van der Waals surface area (Å²) in [5, 5.41) is 11.1. The Morgan fingerprint density at radius 3 is 2.34 bits per heavy atom. The van der Waals surface area contributed by atoms with Crippen molar-refractivity contribution in [1.82, 2.24) is 25.3 Å². The first-order chi connectivity index (χ1) is 15.1. The van der Waals surface area contributed by atoms with Crippen molar-refractivity contribution in [2.45, 2.75) is 12.8 Å². The van der Waals surface area contributed by atoms with Gasteiger partial charge in [-0.25, -0.2) is 4.68 Å². The fraction of sp³-hybridized carbons (Fsp3) is 0.292. The van der Waals surface area contributed by atoms with Crippen LogP contribution < -0.4 is 10.6 Å². The smallest absolute Gasteiger partial charge is 0.253 e. The molecule has 0 unspecified atom stereocenters. The number of nitrogens with one attached hydrogen (secondary N) is 2. The van der Waals surface area contributed by atoms with Gasteiger partial charge in [-0.2, -0.15) is 5.10 Å². The van der Waals surface area contributed by atoms with E-state index in [1.807, 2.05) is 65.5 Å². The number of rotatable bonds is 8. The van der Waals surface area contributed by atoms with Gasteiger partial charge in [-0.15, -0.1) is 24.0 Å². The lowest BCUT2D eigenvalue weighted by atomic mass is 10.1. The Bertz CT molecular complexity index is 1020. The van der Waals surface area contributed by atoms with E-state index in [1.165, 1.54) is 0 Å². The van der Waals surface area contributed by atoms with E-state index in [-0.39, 0.29) is 29.9 Å². The van der Waals surface area contributed by atoms with Crippen molar-refractivity contribution < 1.29 is 4.79 Å². The van der Waals surface area contributed by atoms with Crippen LogP contribution in [0.2, 0.25) is 0 Å². The molecule has 2 N–H and O–H groups in total. The quantitative estimate of drug-likeness (QED) is 0.259. The molecule has 0 aliphatic carbocycles. The highest BCUT2D eigenvalue weighted by Gasteiger charge is 2.08. The second-order valence-electron chi connectivity index (χ2n) is 7.45. The second kappa shape index (κ2) is 12.8. The Labute approximate surface area is 206 Å². The van der Waals surface area contributed by atoms with Crippen molar-refractivity contribution in [3.63, 3.8) is 0 Å². The molecule has 170 valence electrons. The van der Waals surface area contributed by atoms with Crippen LogP contribution in [0.25, 0.3) is 5.69 Å². The zero-order chi connectivity index (χ0) is 22.1. The van der Waals surface area contributed by atoms with E-state index in [2.05, 4.69) is 26.9 Å². The molecule has 0 fully saturated rings. The monoisotopic (exact) mass is 546 g/mol. The Kier molecular flexibility index (Phi) is 10.2. The average Bonchev–Trinajstić information content (AvgIpc) is 3.27. The number of hydrogen-bond acceptors (Lipinski definition) is 3. The highest BCUT2D eigenvalue weighted by atomic mass is 127. The van der Waals surface area contributed by atoms with Crippen LogP contribution >= 0.6 is 24.0 Å². The van der Waals surface area contributed by atoms with E-state index in [9.17, 15) is 4.79 Å². The molecule has 1 aromatic heterocycles. The van der Waals surface area contributed by atoms with Gasteiger partial charge >= 0.3 is 0 Å². The molecule has 3 rings (SSSR count). The zero-order valence-corrected chi connectivity index (χ0v) is 21.1. The third-order valence-corrected chi connectivity index (χ3v) is 4.87. The highest BCUT2D eigenvalue weighted by molar-refractivity contribution is 14.0. The summed E-state index contributed by atoms with van der Waals surface area (Å²) >= 11 is 0. The van der Waals surface area contributed by atoms with E-state index < -0.39 is 0 Å². The summed E-state index contributed by atoms with van der Waals surface area (Å²) in [7, 11) is 5.29. The predicted octanol–water partition coefficient (Wildman–Crippen LogP) is 3.14. The van der Waals surface area contributed by atoms with Gasteiger partial charge in [-0.05, 0) is 48.2 Å². The molecular formula is C24H31IN6O. The molecule has 2 aromatic carbocycles. The van der Waals surface area contributed by atoms with Crippen molar-refractivity contribution >= 4 is 35.8 Å². The molecule has 0 spiro atoms. The van der Waals surface area contributed by atoms with Gasteiger partial charge in [0.15, 0.2) is 5.96 Å². The van der Waals surface area contributed by atoms with Crippen LogP contribution in [-0.2, 0) is 12.8 Å². The standard InChI is InChI=1S/C24H30N6O.HI/c1-25-24(26-14-12-19-8-7-9-21(16-19)23(31)29(2)3)27-15-13-20-17-28-30(18-20)22-10-5-4-6-11-22;/h4-11,16-18H,12-15H2,1-3H3,(H2,25,26,27);1H. The van der Waals surface area contributed by atoms with Crippen LogP contribution in [-0.4, -0.2) is 60.8 Å². The number of aromatic nitrogens is 2. The third-order valence-electron chi connectivity index (χ3n) is 4.87. The number of benzene rings is 2. The summed E-state index contributed by atoms with van der Waals surface area (Å²) in [6, 6.07) is 17.8. The van der Waals surface area contributed by atoms with E-state index >= 15 is 0 Å². The minimum absolute atomic E-state index is 0. The predicted molar refractivity (Wildman–Crippen MR) is 140 cm³/mol. The minimum Gasteiger partial charge on any atom is -0.356 e. The lowest BCUT2D eigenvalue weighted by molar-refractivity contribution is 0.0827. The molecule has 7 nitrogen and oxygen atoms in total. The fourth-order valence-corrected chi connectivity index (χ4v) is 3.20. The lowest BCUT2D eigenvalue weighted by Crippen LogP contribution is -2.39. The van der Waals surface area contributed by atoms with Crippen LogP contribution in [0.15, 0.2) is 72.0 Å². The summed E-state index contributed by atoms with van der Waals surface area (Å²) < 4.78 is 1.89. The Morgan fingerprint density at radius 2 is 1.69 bits per heavy atom. The van der Waals surface area contributed by atoms with Crippen LogP contribution in [0.4, 0.5) is 0 Å². The van der Waals surface area contributed by atoms with Gasteiger partial charge in [0.05, 0.1) is 11.9 Å². The van der Waals surface area contributed by atoms with Gasteiger partial charge in [0.1, 0.15) is 0 Å². The zero-order valence-electron chi connectivity index (χ0n) is 18.8. The van der Waals surface area contributed by atoms with Gasteiger partial charge in [-0.1, -0.05) is 30.3 Å². The van der Waals surface area contributed by atoms with Gasteiger partial charge in [-0.3, -0.25) is 9.79 Å². The Morgan fingerprint density at radius 1 is 1.00 bits per heavy atom. The first kappa shape index (κ1) is 25.4. The maximum atomic E-state index is 12.1. The number of para-hydroxylation sites is 1. The topological polar surface area (TPSA) is 74.6 Å². The molecule has 0 radical (unpaired) electrons. The minimum atomic E-state index is 0. The number of halogens is 1.